The van der Waals surface area contributed by atoms with Crippen molar-refractivity contribution in [3.8, 4) is 5.75 Å². The summed E-state index contributed by atoms with van der Waals surface area (Å²) < 4.78 is 5.33. The average molecular weight is 361 g/mol. The third kappa shape index (κ3) is 3.69. The molecule has 1 amide bonds. The second-order valence-electron chi connectivity index (χ2n) is 4.95. The van der Waals surface area contributed by atoms with Crippen molar-refractivity contribution in [2.75, 3.05) is 17.7 Å². The molecule has 0 aliphatic rings. The van der Waals surface area contributed by atoms with E-state index >= 15 is 0 Å². The number of anilines is 3. The Hall–Kier alpha value is -2.52. The molecular weight excluding hydrogens is 346 g/mol. The number of rotatable bonds is 5. The number of carbonyl (C=O) groups is 1. The highest BCUT2D eigenvalue weighted by Gasteiger charge is 2.14. The largest absolute Gasteiger partial charge is 0.495 e. The first-order valence-electron chi connectivity index (χ1n) is 7.04. The van der Waals surface area contributed by atoms with E-state index < -0.39 is 0 Å². The number of aromatic nitrogens is 3. The Morgan fingerprint density at radius 2 is 2.04 bits per heavy atom. The third-order valence-corrected chi connectivity index (χ3v) is 4.59. The highest BCUT2D eigenvalue weighted by Crippen LogP contribution is 2.30. The van der Waals surface area contributed by atoms with Crippen LogP contribution in [0.3, 0.4) is 0 Å². The van der Waals surface area contributed by atoms with Crippen LogP contribution in [-0.2, 0) is 0 Å². The van der Waals surface area contributed by atoms with E-state index in [-0.39, 0.29) is 5.91 Å². The molecule has 124 valence electrons. The van der Waals surface area contributed by atoms with Crippen LogP contribution < -0.4 is 15.4 Å². The van der Waals surface area contributed by atoms with Crippen LogP contribution in [0.5, 0.6) is 5.75 Å². The van der Waals surface area contributed by atoms with Crippen molar-refractivity contribution in [3.05, 3.63) is 39.8 Å². The fourth-order valence-corrected chi connectivity index (χ4v) is 3.27. The van der Waals surface area contributed by atoms with E-state index in [1.54, 1.807) is 12.5 Å². The number of ether oxygens (including phenoxy) is 1. The fraction of sp³-hybridized carbons (Fsp3) is 0.200. The molecule has 0 spiro atoms. The van der Waals surface area contributed by atoms with Gasteiger partial charge in [0.25, 0.3) is 5.91 Å². The minimum atomic E-state index is -0.313. The number of nitrogens with one attached hydrogen (secondary N) is 2. The van der Waals surface area contributed by atoms with E-state index in [1.807, 2.05) is 32.0 Å². The van der Waals surface area contributed by atoms with Crippen molar-refractivity contribution in [1.29, 1.82) is 0 Å². The lowest BCUT2D eigenvalue weighted by Gasteiger charge is -2.09. The van der Waals surface area contributed by atoms with Gasteiger partial charge in [-0.3, -0.25) is 10.1 Å². The normalized spacial score (nSPS) is 10.5. The first-order valence-corrected chi connectivity index (χ1v) is 8.73. The summed E-state index contributed by atoms with van der Waals surface area (Å²) in [6.07, 6.45) is 0. The molecule has 0 atom stereocenters. The van der Waals surface area contributed by atoms with Crippen molar-refractivity contribution in [3.63, 3.8) is 0 Å². The summed E-state index contributed by atoms with van der Waals surface area (Å²) in [4.78, 5) is 16.5. The third-order valence-electron chi connectivity index (χ3n) is 3.08. The van der Waals surface area contributed by atoms with Gasteiger partial charge in [0.05, 0.1) is 12.8 Å². The summed E-state index contributed by atoms with van der Waals surface area (Å²) in [7, 11) is 1.61. The number of hydrogen-bond donors (Lipinski definition) is 2. The molecule has 24 heavy (non-hydrogen) atoms. The lowest BCUT2D eigenvalue weighted by molar-refractivity contribution is 0.102. The number of benzene rings is 1. The first-order chi connectivity index (χ1) is 11.5. The van der Waals surface area contributed by atoms with Gasteiger partial charge in [0.15, 0.2) is 5.13 Å². The standard InChI is InChI=1S/C15H15N5O2S2/c1-8-4-5-12(22-3)10(6-8)16-14-17-11(7-23-14)13(21)18-15-20-19-9(2)24-15/h4-7H,1-3H3,(H,16,17)(H,18,20,21). The SMILES string of the molecule is COc1ccc(C)cc1Nc1nc(C(=O)Nc2nnc(C)s2)cs1. The van der Waals surface area contributed by atoms with Crippen molar-refractivity contribution >= 4 is 44.5 Å². The van der Waals surface area contributed by atoms with Gasteiger partial charge in [0.1, 0.15) is 16.5 Å². The van der Waals surface area contributed by atoms with Crippen LogP contribution in [-0.4, -0.2) is 28.2 Å². The average Bonchev–Trinajstić information content (AvgIpc) is 3.17. The molecule has 0 radical (unpaired) electrons. The highest BCUT2D eigenvalue weighted by molar-refractivity contribution is 7.15. The van der Waals surface area contributed by atoms with Gasteiger partial charge in [0.2, 0.25) is 5.13 Å². The van der Waals surface area contributed by atoms with E-state index in [0.29, 0.717) is 21.7 Å². The lowest BCUT2D eigenvalue weighted by atomic mass is 10.2. The molecule has 3 aromatic rings. The van der Waals surface area contributed by atoms with E-state index in [4.69, 9.17) is 4.74 Å². The maximum Gasteiger partial charge on any atom is 0.277 e. The molecule has 1 aromatic carbocycles. The van der Waals surface area contributed by atoms with Gasteiger partial charge in [-0.1, -0.05) is 17.4 Å². The molecule has 0 bridgehead atoms. The molecule has 0 saturated heterocycles. The van der Waals surface area contributed by atoms with Gasteiger partial charge in [-0.05, 0) is 31.5 Å². The molecule has 0 fully saturated rings. The predicted molar refractivity (Wildman–Crippen MR) is 95.7 cm³/mol. The molecule has 3 rings (SSSR count). The Labute approximate surface area is 146 Å². The summed E-state index contributed by atoms with van der Waals surface area (Å²) in [6, 6.07) is 5.81. The number of amides is 1. The van der Waals surface area contributed by atoms with Crippen LogP contribution in [0.25, 0.3) is 0 Å². The Kier molecular flexibility index (Phi) is 4.72. The maximum absolute atomic E-state index is 12.2. The molecule has 2 aromatic heterocycles. The topological polar surface area (TPSA) is 89.0 Å². The van der Waals surface area contributed by atoms with Crippen molar-refractivity contribution in [2.45, 2.75) is 13.8 Å². The Bertz CT molecular complexity index is 874. The molecule has 0 saturated carbocycles. The molecule has 2 N–H and O–H groups in total. The van der Waals surface area contributed by atoms with Gasteiger partial charge in [-0.15, -0.1) is 21.5 Å². The zero-order valence-electron chi connectivity index (χ0n) is 13.3. The summed E-state index contributed by atoms with van der Waals surface area (Å²) in [5.74, 6) is 0.401. The smallest absolute Gasteiger partial charge is 0.277 e. The second kappa shape index (κ2) is 6.93. The molecule has 7 nitrogen and oxygen atoms in total. The number of thiazole rings is 1. The van der Waals surface area contributed by atoms with Crippen molar-refractivity contribution in [2.24, 2.45) is 0 Å². The van der Waals surface area contributed by atoms with Crippen LogP contribution >= 0.6 is 22.7 Å². The molecular formula is C15H15N5O2S2. The Balaban J connectivity index is 1.73. The Morgan fingerprint density at radius 1 is 1.21 bits per heavy atom. The van der Waals surface area contributed by atoms with Gasteiger partial charge in [-0.2, -0.15) is 0 Å². The molecule has 0 aliphatic heterocycles. The fourth-order valence-electron chi connectivity index (χ4n) is 1.98. The number of nitrogens with zero attached hydrogens (tertiary/aromatic N) is 3. The highest BCUT2D eigenvalue weighted by atomic mass is 32.1. The van der Waals surface area contributed by atoms with E-state index in [2.05, 4.69) is 25.8 Å². The van der Waals surface area contributed by atoms with E-state index in [9.17, 15) is 4.79 Å². The van der Waals surface area contributed by atoms with Gasteiger partial charge >= 0.3 is 0 Å². The summed E-state index contributed by atoms with van der Waals surface area (Å²) >= 11 is 2.66. The predicted octanol–water partition coefficient (Wildman–Crippen LogP) is 3.62. The Morgan fingerprint density at radius 3 is 2.75 bits per heavy atom. The second-order valence-corrected chi connectivity index (χ2v) is 6.99. The maximum atomic E-state index is 12.2. The van der Waals surface area contributed by atoms with Crippen LogP contribution in [0, 0.1) is 13.8 Å². The number of aryl methyl sites for hydroxylation is 2. The van der Waals surface area contributed by atoms with Crippen LogP contribution in [0.2, 0.25) is 0 Å². The molecule has 9 heteroatoms. The van der Waals surface area contributed by atoms with Crippen molar-refractivity contribution in [1.82, 2.24) is 15.2 Å². The van der Waals surface area contributed by atoms with Crippen LogP contribution in [0.4, 0.5) is 16.0 Å². The molecule has 0 unspecified atom stereocenters. The first kappa shape index (κ1) is 16.3. The van der Waals surface area contributed by atoms with Crippen LogP contribution in [0.15, 0.2) is 23.6 Å². The summed E-state index contributed by atoms with van der Waals surface area (Å²) in [5.41, 5.74) is 2.22. The molecule has 0 aliphatic carbocycles. The van der Waals surface area contributed by atoms with E-state index in [1.165, 1.54) is 22.7 Å². The van der Waals surface area contributed by atoms with Gasteiger partial charge in [0, 0.05) is 5.38 Å². The number of hydrogen-bond acceptors (Lipinski definition) is 8. The number of carbonyl (C=O) groups excluding carboxylic acids is 1. The zero-order chi connectivity index (χ0) is 17.1. The monoisotopic (exact) mass is 361 g/mol. The summed E-state index contributed by atoms with van der Waals surface area (Å²) in [5, 5.41) is 17.1. The van der Waals surface area contributed by atoms with Crippen molar-refractivity contribution < 1.29 is 9.53 Å². The summed E-state index contributed by atoms with van der Waals surface area (Å²) in [6.45, 7) is 3.82. The van der Waals surface area contributed by atoms with Crippen LogP contribution in [0.1, 0.15) is 21.1 Å². The van der Waals surface area contributed by atoms with Gasteiger partial charge in [-0.25, -0.2) is 4.98 Å². The van der Waals surface area contributed by atoms with Gasteiger partial charge < -0.3 is 10.1 Å². The minimum Gasteiger partial charge on any atom is -0.495 e. The quantitative estimate of drug-likeness (QED) is 0.721. The molecule has 2 heterocycles. The zero-order valence-corrected chi connectivity index (χ0v) is 14.9. The lowest BCUT2D eigenvalue weighted by Crippen LogP contribution is -2.12. The minimum absolute atomic E-state index is 0.313. The number of methoxy groups -OCH3 is 1. The van der Waals surface area contributed by atoms with E-state index in [0.717, 1.165) is 16.3 Å².